The number of carbonyl (C=O) groups is 2. The molecule has 3 N–H and O–H groups in total. The van der Waals surface area contributed by atoms with E-state index in [2.05, 4.69) is 5.32 Å². The number of nitrogens with one attached hydrogen (secondary N) is 1. The quantitative estimate of drug-likeness (QED) is 0.615. The third kappa shape index (κ3) is 5.30. The Bertz CT molecular complexity index is 1180. The van der Waals surface area contributed by atoms with Gasteiger partial charge in [-0.3, -0.25) is 14.5 Å². The van der Waals surface area contributed by atoms with Crippen molar-refractivity contribution in [2.75, 3.05) is 38.2 Å². The fraction of sp³-hybridized carbons (Fsp3) is 0.417. The predicted molar refractivity (Wildman–Crippen MR) is 128 cm³/mol. The lowest BCUT2D eigenvalue weighted by Crippen LogP contribution is -2.40. The maximum absolute atomic E-state index is 13.1. The Morgan fingerprint density at radius 3 is 2.62 bits per heavy atom. The summed E-state index contributed by atoms with van der Waals surface area (Å²) >= 11 is 0. The zero-order valence-corrected chi connectivity index (χ0v) is 20.0. The molecule has 0 aliphatic carbocycles. The van der Waals surface area contributed by atoms with E-state index in [0.717, 1.165) is 24.9 Å². The van der Waals surface area contributed by atoms with E-state index in [-0.39, 0.29) is 35.8 Å². The second-order valence-corrected chi connectivity index (χ2v) is 10.6. The van der Waals surface area contributed by atoms with Gasteiger partial charge in [0, 0.05) is 30.9 Å². The van der Waals surface area contributed by atoms with Crippen molar-refractivity contribution in [1.29, 1.82) is 0 Å². The fourth-order valence-corrected chi connectivity index (χ4v) is 5.89. The number of carbonyl (C=O) groups excluding carboxylic acids is 2. The molecule has 2 heterocycles. The summed E-state index contributed by atoms with van der Waals surface area (Å²) < 4.78 is 32.7. The molecule has 2 aliphatic rings. The SMILES string of the molecule is Cc1ccc(S(=O)(=O)N2CCOCC2)cc1C(=O)Nc1cccc(CN2CCCC2C(N)=O)c1. The number of rotatable bonds is 7. The summed E-state index contributed by atoms with van der Waals surface area (Å²) in [5, 5.41) is 2.88. The molecule has 9 nitrogen and oxygen atoms in total. The summed E-state index contributed by atoms with van der Waals surface area (Å²) in [6, 6.07) is 11.8. The number of hydrogen-bond donors (Lipinski definition) is 2. The topological polar surface area (TPSA) is 122 Å². The van der Waals surface area contributed by atoms with Gasteiger partial charge in [0.05, 0.1) is 24.2 Å². The number of nitrogens with zero attached hydrogens (tertiary/aromatic N) is 2. The summed E-state index contributed by atoms with van der Waals surface area (Å²) in [6.45, 7) is 4.42. The molecule has 0 spiro atoms. The number of amides is 2. The van der Waals surface area contributed by atoms with Crippen LogP contribution in [0.15, 0.2) is 47.4 Å². The van der Waals surface area contributed by atoms with Gasteiger partial charge in [-0.15, -0.1) is 0 Å². The second kappa shape index (κ2) is 10.2. The molecule has 0 aromatic heterocycles. The molecule has 0 radical (unpaired) electrons. The monoisotopic (exact) mass is 486 g/mol. The number of primary amides is 1. The van der Waals surface area contributed by atoms with Gasteiger partial charge in [0.15, 0.2) is 0 Å². The minimum atomic E-state index is -3.71. The lowest BCUT2D eigenvalue weighted by atomic mass is 10.1. The number of anilines is 1. The molecule has 34 heavy (non-hydrogen) atoms. The van der Waals surface area contributed by atoms with Crippen molar-refractivity contribution < 1.29 is 22.7 Å². The third-order valence-corrected chi connectivity index (χ3v) is 8.22. The van der Waals surface area contributed by atoms with Gasteiger partial charge in [0.1, 0.15) is 0 Å². The molecule has 10 heteroatoms. The van der Waals surface area contributed by atoms with E-state index >= 15 is 0 Å². The van der Waals surface area contributed by atoms with Gasteiger partial charge < -0.3 is 15.8 Å². The Balaban J connectivity index is 1.50. The number of nitrogens with two attached hydrogens (primary N) is 1. The Morgan fingerprint density at radius 1 is 1.12 bits per heavy atom. The number of aryl methyl sites for hydroxylation is 1. The Hall–Kier alpha value is -2.79. The van der Waals surface area contributed by atoms with E-state index in [9.17, 15) is 18.0 Å². The van der Waals surface area contributed by atoms with Crippen molar-refractivity contribution in [1.82, 2.24) is 9.21 Å². The predicted octanol–water partition coefficient (Wildman–Crippen LogP) is 1.72. The van der Waals surface area contributed by atoms with Gasteiger partial charge >= 0.3 is 0 Å². The molecule has 1 atom stereocenters. The first kappa shape index (κ1) is 24.3. The lowest BCUT2D eigenvalue weighted by Gasteiger charge is -2.26. The van der Waals surface area contributed by atoms with Crippen LogP contribution in [0.1, 0.15) is 34.3 Å². The van der Waals surface area contributed by atoms with E-state index in [1.165, 1.54) is 16.4 Å². The zero-order chi connectivity index (χ0) is 24.3. The molecule has 0 saturated carbocycles. The van der Waals surface area contributed by atoms with Gasteiger partial charge in [0.25, 0.3) is 5.91 Å². The molecule has 2 saturated heterocycles. The van der Waals surface area contributed by atoms with Crippen molar-refractivity contribution in [3.8, 4) is 0 Å². The van der Waals surface area contributed by atoms with E-state index in [0.29, 0.717) is 36.6 Å². The highest BCUT2D eigenvalue weighted by Gasteiger charge is 2.29. The van der Waals surface area contributed by atoms with Crippen LogP contribution in [-0.2, 0) is 26.1 Å². The van der Waals surface area contributed by atoms with E-state index < -0.39 is 10.0 Å². The Labute approximate surface area is 199 Å². The maximum Gasteiger partial charge on any atom is 0.255 e. The van der Waals surface area contributed by atoms with Crippen LogP contribution in [0.5, 0.6) is 0 Å². The van der Waals surface area contributed by atoms with Gasteiger partial charge in [-0.1, -0.05) is 18.2 Å². The van der Waals surface area contributed by atoms with Crippen molar-refractivity contribution >= 4 is 27.5 Å². The summed E-state index contributed by atoms with van der Waals surface area (Å²) in [5.41, 5.74) is 8.04. The summed E-state index contributed by atoms with van der Waals surface area (Å²) in [4.78, 5) is 26.9. The van der Waals surface area contributed by atoms with Crippen LogP contribution in [0.25, 0.3) is 0 Å². The average Bonchev–Trinajstić information content (AvgIpc) is 3.28. The molecule has 4 rings (SSSR count). The number of hydrogen-bond acceptors (Lipinski definition) is 6. The van der Waals surface area contributed by atoms with Gasteiger partial charge in [-0.05, 0) is 61.7 Å². The number of likely N-dealkylation sites (tertiary alicyclic amines) is 1. The molecule has 2 aromatic carbocycles. The highest BCUT2D eigenvalue weighted by molar-refractivity contribution is 7.89. The summed E-state index contributed by atoms with van der Waals surface area (Å²) in [6.07, 6.45) is 1.68. The van der Waals surface area contributed by atoms with Crippen molar-refractivity contribution in [2.45, 2.75) is 37.2 Å². The normalized spacial score (nSPS) is 19.7. The van der Waals surface area contributed by atoms with E-state index in [1.807, 2.05) is 23.1 Å². The molecule has 2 aliphatic heterocycles. The standard InChI is InChI=1S/C24H30N4O5S/c1-17-7-8-20(34(31,32)28-10-12-33-13-11-28)15-21(17)24(30)26-19-5-2-4-18(14-19)16-27-9-3-6-22(27)23(25)29/h2,4-5,7-8,14-15,22H,3,6,9-13,16H2,1H3,(H2,25,29)(H,26,30). The number of morpholine rings is 1. The van der Waals surface area contributed by atoms with E-state index in [1.54, 1.807) is 19.1 Å². The first-order valence-corrected chi connectivity index (χ1v) is 12.8. The second-order valence-electron chi connectivity index (χ2n) is 8.68. The molecule has 1 unspecified atom stereocenters. The summed E-state index contributed by atoms with van der Waals surface area (Å²) in [5.74, 6) is -0.700. The molecular weight excluding hydrogens is 456 g/mol. The van der Waals surface area contributed by atoms with Gasteiger partial charge in [0.2, 0.25) is 15.9 Å². The fourth-order valence-electron chi connectivity index (χ4n) is 4.46. The van der Waals surface area contributed by atoms with Crippen molar-refractivity contribution in [2.24, 2.45) is 5.73 Å². The molecule has 0 bridgehead atoms. The first-order valence-electron chi connectivity index (χ1n) is 11.4. The number of ether oxygens (including phenoxy) is 1. The minimum Gasteiger partial charge on any atom is -0.379 e. The minimum absolute atomic E-state index is 0.0884. The number of sulfonamides is 1. The highest BCUT2D eigenvalue weighted by atomic mass is 32.2. The zero-order valence-electron chi connectivity index (χ0n) is 19.2. The van der Waals surface area contributed by atoms with Crippen LogP contribution >= 0.6 is 0 Å². The van der Waals surface area contributed by atoms with Gasteiger partial charge in [-0.2, -0.15) is 4.31 Å². The molecular formula is C24H30N4O5S. The van der Waals surface area contributed by atoms with Crippen LogP contribution in [0, 0.1) is 6.92 Å². The number of benzene rings is 2. The van der Waals surface area contributed by atoms with Crippen LogP contribution in [-0.4, -0.2) is 68.3 Å². The molecule has 2 amide bonds. The Morgan fingerprint density at radius 2 is 1.88 bits per heavy atom. The first-order chi connectivity index (χ1) is 16.3. The third-order valence-electron chi connectivity index (χ3n) is 6.32. The molecule has 182 valence electrons. The lowest BCUT2D eigenvalue weighted by molar-refractivity contribution is -0.122. The summed E-state index contributed by atoms with van der Waals surface area (Å²) in [7, 11) is -3.71. The van der Waals surface area contributed by atoms with Crippen LogP contribution < -0.4 is 11.1 Å². The smallest absolute Gasteiger partial charge is 0.255 e. The van der Waals surface area contributed by atoms with Crippen LogP contribution in [0.2, 0.25) is 0 Å². The van der Waals surface area contributed by atoms with Crippen LogP contribution in [0.4, 0.5) is 5.69 Å². The molecule has 2 aromatic rings. The largest absolute Gasteiger partial charge is 0.379 e. The van der Waals surface area contributed by atoms with Crippen molar-refractivity contribution in [3.63, 3.8) is 0 Å². The van der Waals surface area contributed by atoms with Gasteiger partial charge in [-0.25, -0.2) is 8.42 Å². The highest BCUT2D eigenvalue weighted by Crippen LogP contribution is 2.23. The van der Waals surface area contributed by atoms with Crippen LogP contribution in [0.3, 0.4) is 0 Å². The molecule has 2 fully saturated rings. The van der Waals surface area contributed by atoms with E-state index in [4.69, 9.17) is 10.5 Å². The Kier molecular flexibility index (Phi) is 7.32. The average molecular weight is 487 g/mol. The maximum atomic E-state index is 13.1. The van der Waals surface area contributed by atoms with Crippen molar-refractivity contribution in [3.05, 3.63) is 59.2 Å².